The molecule has 1 N–H and O–H groups in total. The summed E-state index contributed by atoms with van der Waals surface area (Å²) < 4.78 is 9.94. The number of carbonyl (C=O) groups is 1. The van der Waals surface area contributed by atoms with Gasteiger partial charge in [-0.15, -0.1) is 0 Å². The zero-order chi connectivity index (χ0) is 48.9. The predicted octanol–water partition coefficient (Wildman–Crippen LogP) is 15.8. The fourth-order valence-electron chi connectivity index (χ4n) is 7.81. The summed E-state index contributed by atoms with van der Waals surface area (Å²) in [5.41, 5.74) is 4.08. The highest BCUT2D eigenvalue weighted by Crippen LogP contribution is 2.56. The molecule has 2 aliphatic rings. The molecule has 0 bridgehead atoms. The van der Waals surface area contributed by atoms with Gasteiger partial charge in [0.05, 0.1) is 12.7 Å². The number of benzene rings is 1. The Balaban J connectivity index is 0. The van der Waals surface area contributed by atoms with Crippen molar-refractivity contribution in [2.24, 2.45) is 45.8 Å². The number of aliphatic hydroxyl groups excluding tert-OH is 1. The minimum atomic E-state index is -0.264. The molecule has 1 aromatic heterocycles. The highest BCUT2D eigenvalue weighted by Gasteiger charge is 2.46. The van der Waals surface area contributed by atoms with E-state index < -0.39 is 0 Å². The average Bonchev–Trinajstić information content (AvgIpc) is 4.08. The molecule has 1 aromatic carbocycles. The Labute approximate surface area is 386 Å². The Hall–Kier alpha value is -2.44. The molecule has 3 atom stereocenters. The van der Waals surface area contributed by atoms with Gasteiger partial charge in [0.1, 0.15) is 0 Å². The first kappa shape index (κ1) is 61.6. The maximum atomic E-state index is 11.1. The molecule has 6 nitrogen and oxygen atoms in total. The number of hydrogen-bond acceptors (Lipinski definition) is 5. The molecular weight excluding hydrogens is 765 g/mol. The quantitative estimate of drug-likeness (QED) is 0.286. The molecule has 0 aliphatic heterocycles. The molecule has 4 rings (SSSR count). The topological polar surface area (TPSA) is 71.9 Å². The predicted molar refractivity (Wildman–Crippen MR) is 271 cm³/mol. The van der Waals surface area contributed by atoms with Gasteiger partial charge >= 0.3 is 6.09 Å². The molecule has 2 saturated carbocycles. The van der Waals surface area contributed by atoms with Crippen molar-refractivity contribution in [3.63, 3.8) is 0 Å². The number of ether oxygens (including phenoxy) is 2. The first-order valence-corrected chi connectivity index (χ1v) is 24.2. The Kier molecular flexibility index (Phi) is 27.6. The molecule has 2 aromatic rings. The smallest absolute Gasteiger partial charge is 0.409 e. The number of aromatic nitrogens is 1. The second-order valence-electron chi connectivity index (χ2n) is 24.1. The van der Waals surface area contributed by atoms with Gasteiger partial charge in [-0.3, -0.25) is 4.98 Å². The maximum Gasteiger partial charge on any atom is 0.409 e. The summed E-state index contributed by atoms with van der Waals surface area (Å²) >= 11 is 0. The fraction of sp³-hybridized carbons (Fsp3) is 0.786. The van der Waals surface area contributed by atoms with Gasteiger partial charge in [-0.1, -0.05) is 167 Å². The van der Waals surface area contributed by atoms with Crippen molar-refractivity contribution in [1.29, 1.82) is 0 Å². The number of amides is 1. The lowest BCUT2D eigenvalue weighted by Gasteiger charge is -2.31. The van der Waals surface area contributed by atoms with Gasteiger partial charge in [0.2, 0.25) is 0 Å². The zero-order valence-corrected chi connectivity index (χ0v) is 45.4. The summed E-state index contributed by atoms with van der Waals surface area (Å²) in [4.78, 5) is 16.9. The number of aliphatic hydroxyl groups is 1. The molecular formula is C56H104N2O4. The molecule has 6 heteroatoms. The van der Waals surface area contributed by atoms with E-state index >= 15 is 0 Å². The van der Waals surface area contributed by atoms with Crippen molar-refractivity contribution in [2.75, 3.05) is 27.4 Å². The molecule has 0 spiro atoms. The lowest BCUT2D eigenvalue weighted by atomic mass is 9.75. The molecule has 2 fully saturated rings. The van der Waals surface area contributed by atoms with E-state index in [1.807, 2.05) is 46.0 Å². The van der Waals surface area contributed by atoms with E-state index in [0.29, 0.717) is 34.7 Å². The van der Waals surface area contributed by atoms with Gasteiger partial charge in [0.15, 0.2) is 0 Å². The van der Waals surface area contributed by atoms with Crippen molar-refractivity contribution in [1.82, 2.24) is 9.88 Å². The first-order chi connectivity index (χ1) is 28.1. The third kappa shape index (κ3) is 27.7. The van der Waals surface area contributed by atoms with Gasteiger partial charge in [-0.2, -0.15) is 0 Å². The summed E-state index contributed by atoms with van der Waals surface area (Å²) in [5, 5.41) is 9.35. The van der Waals surface area contributed by atoms with Gasteiger partial charge in [-0.05, 0) is 129 Å². The van der Waals surface area contributed by atoms with Gasteiger partial charge in [-0.25, -0.2) is 4.79 Å². The summed E-state index contributed by atoms with van der Waals surface area (Å²) in [5.74, 6) is 4.40. The molecule has 62 heavy (non-hydrogen) atoms. The molecule has 0 saturated heterocycles. The van der Waals surface area contributed by atoms with Crippen LogP contribution in [-0.4, -0.2) is 60.1 Å². The summed E-state index contributed by atoms with van der Waals surface area (Å²) in [6, 6.07) is 16.6. The van der Waals surface area contributed by atoms with Crippen molar-refractivity contribution in [2.45, 2.75) is 213 Å². The van der Waals surface area contributed by atoms with Crippen LogP contribution >= 0.6 is 0 Å². The second kappa shape index (κ2) is 27.8. The third-order valence-corrected chi connectivity index (χ3v) is 12.1. The van der Waals surface area contributed by atoms with Crippen LogP contribution in [0.15, 0.2) is 54.7 Å². The summed E-state index contributed by atoms with van der Waals surface area (Å²) in [6.07, 6.45) is 9.76. The Morgan fingerprint density at radius 2 is 1.16 bits per heavy atom. The normalized spacial score (nSPS) is 15.8. The van der Waals surface area contributed by atoms with Crippen molar-refractivity contribution in [3.8, 4) is 0 Å². The van der Waals surface area contributed by atoms with Crippen LogP contribution < -0.4 is 0 Å². The van der Waals surface area contributed by atoms with E-state index in [0.717, 1.165) is 36.5 Å². The molecule has 1 amide bonds. The molecule has 1 heterocycles. The number of nitrogens with zero attached hydrogens (tertiary/aromatic N) is 2. The SMILES string of the molecule is CC(C)(C)C(C1CC1)C1CC1.CC(C)(C)c1ccccc1.CC(C)(C)c1ccccn1.CCC(C(C)O)C(C)(C)C.CCC(COC)C(C)(C)C.CCOC(=O)N(C)C(C)(C)C. The number of methoxy groups -OCH3 is 1. The maximum absolute atomic E-state index is 11.1. The Morgan fingerprint density at radius 1 is 0.694 bits per heavy atom. The number of hydrogen-bond donors (Lipinski definition) is 1. The lowest BCUT2D eigenvalue weighted by Crippen LogP contribution is -2.42. The van der Waals surface area contributed by atoms with Crippen LogP contribution in [0.25, 0.3) is 0 Å². The second-order valence-corrected chi connectivity index (χ2v) is 24.1. The fourth-order valence-corrected chi connectivity index (χ4v) is 7.81. The Morgan fingerprint density at radius 3 is 1.35 bits per heavy atom. The van der Waals surface area contributed by atoms with Crippen LogP contribution in [0.1, 0.15) is 202 Å². The van der Waals surface area contributed by atoms with Crippen LogP contribution in [0, 0.1) is 45.8 Å². The molecule has 0 radical (unpaired) electrons. The van der Waals surface area contributed by atoms with Crippen molar-refractivity contribution in [3.05, 3.63) is 66.0 Å². The van der Waals surface area contributed by atoms with Crippen molar-refractivity contribution >= 4 is 6.09 Å². The van der Waals surface area contributed by atoms with Crippen LogP contribution in [0.2, 0.25) is 0 Å². The molecule has 362 valence electrons. The minimum absolute atomic E-state index is 0.160. The number of rotatable bonds is 8. The van der Waals surface area contributed by atoms with Crippen LogP contribution in [0.4, 0.5) is 4.79 Å². The van der Waals surface area contributed by atoms with E-state index in [9.17, 15) is 9.90 Å². The Bertz CT molecular complexity index is 1340. The third-order valence-electron chi connectivity index (χ3n) is 12.1. The zero-order valence-electron chi connectivity index (χ0n) is 45.4. The summed E-state index contributed by atoms with van der Waals surface area (Å²) in [7, 11) is 3.51. The molecule has 2 aliphatic carbocycles. The number of pyridine rings is 1. The van der Waals surface area contributed by atoms with Gasteiger partial charge in [0, 0.05) is 43.6 Å². The molecule has 3 unspecified atom stereocenters. The van der Waals surface area contributed by atoms with E-state index in [1.165, 1.54) is 37.7 Å². The van der Waals surface area contributed by atoms with Gasteiger partial charge < -0.3 is 19.5 Å². The van der Waals surface area contributed by atoms with Crippen LogP contribution in [0.5, 0.6) is 0 Å². The number of carbonyl (C=O) groups excluding carboxylic acids is 1. The standard InChI is InChI=1S/C11H20.C10H14.C9H13N.2C9H20O.C8H17NO2/c1-11(2,3)10(8-4-5-8)9-6-7-9;1-10(2,3)9-7-5-4-6-8-9;1-9(2,3)8-6-4-5-7-10-8;1-6-8(7-10-5)9(2,3)4;1-6-8(7(2)10)9(3,4)5;1-6-11-7(10)9(5)8(2,3)4/h8-10H,4-7H2,1-3H3;4-8H,1-3H3;4-7H,1-3H3;8H,6-7H2,1-5H3;7-8,10H,6H2,1-5H3;6H2,1-5H3. The largest absolute Gasteiger partial charge is 0.450 e. The van der Waals surface area contributed by atoms with Crippen LogP contribution in [0.3, 0.4) is 0 Å². The first-order valence-electron chi connectivity index (χ1n) is 24.2. The van der Waals surface area contributed by atoms with E-state index in [1.54, 1.807) is 26.0 Å². The van der Waals surface area contributed by atoms with Gasteiger partial charge in [0.25, 0.3) is 0 Å². The monoisotopic (exact) mass is 869 g/mol. The lowest BCUT2D eigenvalue weighted by molar-refractivity contribution is 0.0537. The van der Waals surface area contributed by atoms with Crippen molar-refractivity contribution < 1.29 is 19.4 Å². The average molecular weight is 869 g/mol. The minimum Gasteiger partial charge on any atom is -0.450 e. The van der Waals surface area contributed by atoms with E-state index in [2.05, 4.69) is 159 Å². The highest BCUT2D eigenvalue weighted by atomic mass is 16.6. The van der Waals surface area contributed by atoms with Crippen LogP contribution in [-0.2, 0) is 20.3 Å². The van der Waals surface area contributed by atoms with E-state index in [-0.39, 0.29) is 28.6 Å². The highest BCUT2D eigenvalue weighted by molar-refractivity contribution is 5.68. The van der Waals surface area contributed by atoms with E-state index in [4.69, 9.17) is 9.47 Å². The summed E-state index contributed by atoms with van der Waals surface area (Å²) in [6.45, 7) is 49.0.